The molecule has 240 valence electrons. The number of hydrogen-bond donors (Lipinski definition) is 0. The van der Waals surface area contributed by atoms with Gasteiger partial charge in [0.05, 0.1) is 0 Å². The third-order valence-electron chi connectivity index (χ3n) is 7.52. The van der Waals surface area contributed by atoms with Crippen molar-refractivity contribution in [1.29, 1.82) is 0 Å². The molecule has 0 spiro atoms. The first-order valence-electron chi connectivity index (χ1n) is 15.5. The Morgan fingerprint density at radius 1 is 0.333 bits per heavy atom. The molecule has 45 heavy (non-hydrogen) atoms. The van der Waals surface area contributed by atoms with Crippen LogP contribution in [0.2, 0.25) is 0 Å². The second kappa shape index (κ2) is 20.2. The quantitative estimate of drug-likeness (QED) is 0.214. The number of benzene rings is 4. The Kier molecular flexibility index (Phi) is 18.8. The maximum atomic E-state index is 11.1. The van der Waals surface area contributed by atoms with Crippen molar-refractivity contribution < 1.29 is 46.6 Å². The van der Waals surface area contributed by atoms with Crippen LogP contribution in [0.15, 0.2) is 72.8 Å². The predicted molar refractivity (Wildman–Crippen MR) is 179 cm³/mol. The van der Waals surface area contributed by atoms with Crippen LogP contribution in [-0.4, -0.2) is 0 Å². The van der Waals surface area contributed by atoms with Crippen molar-refractivity contribution in [2.75, 3.05) is 0 Å². The third-order valence-corrected chi connectivity index (χ3v) is 7.52. The van der Waals surface area contributed by atoms with Crippen LogP contribution in [0.25, 0.3) is 0 Å². The summed E-state index contributed by atoms with van der Waals surface area (Å²) in [5.74, 6) is 2.39. The fourth-order valence-electron chi connectivity index (χ4n) is 3.90. The molecule has 0 saturated carbocycles. The van der Waals surface area contributed by atoms with Crippen molar-refractivity contribution in [1.82, 2.24) is 0 Å². The van der Waals surface area contributed by atoms with Crippen molar-refractivity contribution >= 4 is 0 Å². The molecule has 0 heterocycles. The molecule has 0 aromatic heterocycles. The Morgan fingerprint density at radius 3 is 0.600 bits per heavy atom. The van der Waals surface area contributed by atoms with E-state index in [-0.39, 0.29) is 49.2 Å². The largest absolute Gasteiger partial charge is 4.00 e. The molecule has 0 saturated heterocycles. The van der Waals surface area contributed by atoms with Crippen LogP contribution in [0.3, 0.4) is 0 Å². The molecule has 0 atom stereocenters. The molecule has 0 fully saturated rings. The van der Waals surface area contributed by atoms with Crippen molar-refractivity contribution in [3.8, 4) is 23.0 Å². The third kappa shape index (κ3) is 14.7. The molecule has 0 unspecified atom stereocenters. The van der Waals surface area contributed by atoms with Crippen molar-refractivity contribution in [3.05, 3.63) is 117 Å². The van der Waals surface area contributed by atoms with Gasteiger partial charge in [0, 0.05) is 0 Å². The fraction of sp³-hybridized carbons (Fsp3) is 0.400. The van der Waals surface area contributed by atoms with Crippen molar-refractivity contribution in [2.24, 2.45) is 0 Å². The molecule has 0 bridgehead atoms. The molecule has 4 rings (SSSR count). The summed E-state index contributed by atoms with van der Waals surface area (Å²) in [4.78, 5) is 0. The second-order valence-corrected chi connectivity index (χ2v) is 12.7. The number of hydrogen-bond acceptors (Lipinski definition) is 4. The van der Waals surface area contributed by atoms with Gasteiger partial charge in [-0.15, -0.1) is 23.0 Å². The first kappa shape index (κ1) is 42.0. The van der Waals surface area contributed by atoms with E-state index in [1.54, 1.807) is 24.3 Å². The van der Waals surface area contributed by atoms with Crippen LogP contribution in [0.4, 0.5) is 0 Å². The van der Waals surface area contributed by atoms with Gasteiger partial charge in [0.25, 0.3) is 0 Å². The number of rotatable bonds is 4. The Balaban J connectivity index is 0.000000569. The Labute approximate surface area is 292 Å². The van der Waals surface area contributed by atoms with E-state index in [2.05, 4.69) is 55.4 Å². The van der Waals surface area contributed by atoms with Crippen molar-refractivity contribution in [3.63, 3.8) is 0 Å². The Morgan fingerprint density at radius 2 is 0.489 bits per heavy atom. The maximum absolute atomic E-state index is 11.1. The summed E-state index contributed by atoms with van der Waals surface area (Å²) in [6.45, 7) is 24.1. The van der Waals surface area contributed by atoms with Gasteiger partial charge in [-0.05, 0) is 73.6 Å². The van der Waals surface area contributed by atoms with Gasteiger partial charge < -0.3 is 20.4 Å². The van der Waals surface area contributed by atoms with E-state index in [4.69, 9.17) is 0 Å². The van der Waals surface area contributed by atoms with Gasteiger partial charge in [-0.2, -0.15) is 0 Å². The summed E-state index contributed by atoms with van der Waals surface area (Å²) >= 11 is 0. The average Bonchev–Trinajstić information content (AvgIpc) is 2.95. The molecule has 0 aliphatic heterocycles. The Bertz CT molecular complexity index is 1230. The minimum atomic E-state index is 0. The second-order valence-electron chi connectivity index (χ2n) is 12.7. The average molecular weight is 688 g/mol. The van der Waals surface area contributed by atoms with Gasteiger partial charge in [0.15, 0.2) is 0 Å². The first-order valence-corrected chi connectivity index (χ1v) is 15.5. The van der Waals surface area contributed by atoms with E-state index in [1.807, 2.05) is 76.2 Å². The van der Waals surface area contributed by atoms with E-state index < -0.39 is 0 Å². The molecule has 0 amide bonds. The minimum absolute atomic E-state index is 0. The smallest absolute Gasteiger partial charge is 0.872 e. The standard InChI is InChI=1S/4C10H14O.Zr/c4*1-7(2)9-5-4-8(3)10(11)6-9;/h4*4-7,11H,1-3H3;/q;;;;+4/p-4. The normalized spacial score (nSPS) is 10.3. The van der Waals surface area contributed by atoms with Gasteiger partial charge in [0.1, 0.15) is 0 Å². The van der Waals surface area contributed by atoms with E-state index in [9.17, 15) is 20.4 Å². The molecule has 5 heteroatoms. The van der Waals surface area contributed by atoms with Crippen LogP contribution in [0.1, 0.15) is 124 Å². The zero-order valence-corrected chi connectivity index (χ0v) is 31.8. The molecule has 0 N–H and O–H groups in total. The molecular formula is C40H52O4Zr. The van der Waals surface area contributed by atoms with Crippen LogP contribution in [-0.2, 0) is 26.2 Å². The maximum Gasteiger partial charge on any atom is 4.00 e. The van der Waals surface area contributed by atoms with Crippen LogP contribution in [0, 0.1) is 27.7 Å². The van der Waals surface area contributed by atoms with Crippen LogP contribution in [0.5, 0.6) is 23.0 Å². The minimum Gasteiger partial charge on any atom is -0.872 e. The zero-order chi connectivity index (χ0) is 33.7. The number of aryl methyl sites for hydroxylation is 4. The van der Waals surface area contributed by atoms with Gasteiger partial charge in [-0.1, -0.05) is 150 Å². The fourth-order valence-corrected chi connectivity index (χ4v) is 3.90. The van der Waals surface area contributed by atoms with Crippen LogP contribution < -0.4 is 20.4 Å². The summed E-state index contributed by atoms with van der Waals surface area (Å²) in [6, 6.07) is 22.5. The molecule has 4 nitrogen and oxygen atoms in total. The van der Waals surface area contributed by atoms with Crippen molar-refractivity contribution in [2.45, 2.75) is 107 Å². The summed E-state index contributed by atoms with van der Waals surface area (Å²) < 4.78 is 0. The van der Waals surface area contributed by atoms with Gasteiger partial charge in [-0.3, -0.25) is 0 Å². The molecule has 0 radical (unpaired) electrons. The van der Waals surface area contributed by atoms with E-state index in [1.165, 1.54) is 0 Å². The Hall–Kier alpha value is -3.04. The first-order chi connectivity index (χ1) is 20.4. The molecule has 0 aliphatic rings. The summed E-state index contributed by atoms with van der Waals surface area (Å²) in [5.41, 5.74) is 7.81. The topological polar surface area (TPSA) is 92.2 Å². The molecular weight excluding hydrogens is 636 g/mol. The summed E-state index contributed by atoms with van der Waals surface area (Å²) in [6.07, 6.45) is 0. The summed E-state index contributed by atoms with van der Waals surface area (Å²) in [7, 11) is 0. The molecule has 0 aliphatic carbocycles. The monoisotopic (exact) mass is 686 g/mol. The zero-order valence-electron chi connectivity index (χ0n) is 29.4. The molecule has 4 aromatic rings. The van der Waals surface area contributed by atoms with Gasteiger partial charge in [0.2, 0.25) is 0 Å². The summed E-state index contributed by atoms with van der Waals surface area (Å²) in [5, 5.41) is 44.6. The van der Waals surface area contributed by atoms with E-state index in [0.717, 1.165) is 44.5 Å². The molecule has 4 aromatic carbocycles. The van der Waals surface area contributed by atoms with E-state index in [0.29, 0.717) is 23.7 Å². The van der Waals surface area contributed by atoms with E-state index >= 15 is 0 Å². The predicted octanol–water partition coefficient (Wildman–Crippen LogP) is 8.77. The SMILES string of the molecule is Cc1ccc(C(C)C)cc1[O-].Cc1ccc(C(C)C)cc1[O-].Cc1ccc(C(C)C)cc1[O-].Cc1ccc(C(C)C)cc1[O-].[Zr+4]. The van der Waals surface area contributed by atoms with Crippen LogP contribution >= 0.6 is 0 Å². The van der Waals surface area contributed by atoms with Gasteiger partial charge in [-0.25, -0.2) is 0 Å². The van der Waals surface area contributed by atoms with Gasteiger partial charge >= 0.3 is 26.2 Å².